The van der Waals surface area contributed by atoms with E-state index in [4.69, 9.17) is 16.3 Å². The van der Waals surface area contributed by atoms with Gasteiger partial charge in [0.25, 0.3) is 5.91 Å². The highest BCUT2D eigenvalue weighted by molar-refractivity contribution is 6.30. The number of aryl methyl sites for hydroxylation is 1. The highest BCUT2D eigenvalue weighted by Crippen LogP contribution is 2.21. The highest BCUT2D eigenvalue weighted by atomic mass is 35.5. The van der Waals surface area contributed by atoms with Gasteiger partial charge in [-0.2, -0.15) is 5.10 Å². The van der Waals surface area contributed by atoms with Gasteiger partial charge in [0.1, 0.15) is 17.9 Å². The standard InChI is InChI=1S/C15H15ClN4O5/c1-9-15(20(23)24)10(2)19(18-9)7-14(22)25-8-13(21)17-12-5-3-4-11(16)6-12/h3-6H,7-8H2,1-2H3,(H,17,21). The van der Waals surface area contributed by atoms with Crippen molar-refractivity contribution >= 4 is 34.9 Å². The van der Waals surface area contributed by atoms with Crippen molar-refractivity contribution in [2.45, 2.75) is 20.4 Å². The molecule has 25 heavy (non-hydrogen) atoms. The van der Waals surface area contributed by atoms with Gasteiger partial charge in [-0.25, -0.2) is 0 Å². The summed E-state index contributed by atoms with van der Waals surface area (Å²) < 4.78 is 6.03. The predicted octanol–water partition coefficient (Wildman–Crippen LogP) is 2.24. The quantitative estimate of drug-likeness (QED) is 0.476. The average molecular weight is 367 g/mol. The summed E-state index contributed by atoms with van der Waals surface area (Å²) in [5, 5.41) is 17.9. The molecule has 132 valence electrons. The van der Waals surface area contributed by atoms with Crippen LogP contribution in [0.2, 0.25) is 5.02 Å². The molecule has 1 aromatic heterocycles. The van der Waals surface area contributed by atoms with Crippen LogP contribution in [0.5, 0.6) is 0 Å². The Morgan fingerprint density at radius 1 is 1.40 bits per heavy atom. The van der Waals surface area contributed by atoms with E-state index in [1.807, 2.05) is 0 Å². The van der Waals surface area contributed by atoms with Gasteiger partial charge < -0.3 is 10.1 Å². The van der Waals surface area contributed by atoms with E-state index in [0.29, 0.717) is 10.7 Å². The number of esters is 1. The fourth-order valence-electron chi connectivity index (χ4n) is 2.18. The number of halogens is 1. The summed E-state index contributed by atoms with van der Waals surface area (Å²) in [5.74, 6) is -1.27. The second-order valence-electron chi connectivity index (χ2n) is 5.15. The normalized spacial score (nSPS) is 10.4. The first-order valence-electron chi connectivity index (χ1n) is 7.17. The van der Waals surface area contributed by atoms with Gasteiger partial charge in [-0.05, 0) is 32.0 Å². The Balaban J connectivity index is 1.90. The van der Waals surface area contributed by atoms with Gasteiger partial charge in [-0.15, -0.1) is 0 Å². The van der Waals surface area contributed by atoms with Crippen LogP contribution < -0.4 is 5.32 Å². The van der Waals surface area contributed by atoms with Crippen LogP contribution in [0.25, 0.3) is 0 Å². The molecule has 0 fully saturated rings. The number of aromatic nitrogens is 2. The maximum Gasteiger partial charge on any atom is 0.328 e. The Labute approximate surface area is 147 Å². The van der Waals surface area contributed by atoms with Crippen molar-refractivity contribution in [1.82, 2.24) is 9.78 Å². The van der Waals surface area contributed by atoms with Crippen molar-refractivity contribution < 1.29 is 19.2 Å². The van der Waals surface area contributed by atoms with Crippen LogP contribution in [0.4, 0.5) is 11.4 Å². The van der Waals surface area contributed by atoms with Gasteiger partial charge in [-0.3, -0.25) is 24.4 Å². The molecule has 2 rings (SSSR count). The lowest BCUT2D eigenvalue weighted by molar-refractivity contribution is -0.386. The van der Waals surface area contributed by atoms with Crippen molar-refractivity contribution in [3.05, 3.63) is 50.8 Å². The Morgan fingerprint density at radius 2 is 2.12 bits per heavy atom. The molecule has 1 heterocycles. The van der Waals surface area contributed by atoms with Crippen molar-refractivity contribution in [1.29, 1.82) is 0 Å². The van der Waals surface area contributed by atoms with Gasteiger partial charge in [-0.1, -0.05) is 17.7 Å². The number of hydrogen-bond donors (Lipinski definition) is 1. The fraction of sp³-hybridized carbons (Fsp3) is 0.267. The summed E-state index contributed by atoms with van der Waals surface area (Å²) in [4.78, 5) is 33.9. The minimum Gasteiger partial charge on any atom is -0.454 e. The average Bonchev–Trinajstić information content (AvgIpc) is 2.79. The number of rotatable bonds is 6. The van der Waals surface area contributed by atoms with E-state index >= 15 is 0 Å². The molecule has 0 radical (unpaired) electrons. The van der Waals surface area contributed by atoms with E-state index in [-0.39, 0.29) is 23.6 Å². The number of amides is 1. The maximum absolute atomic E-state index is 11.8. The van der Waals surface area contributed by atoms with Crippen LogP contribution in [-0.2, 0) is 20.9 Å². The first-order valence-corrected chi connectivity index (χ1v) is 7.55. The molecule has 0 spiro atoms. The molecular weight excluding hydrogens is 352 g/mol. The zero-order valence-electron chi connectivity index (χ0n) is 13.5. The lowest BCUT2D eigenvalue weighted by Crippen LogP contribution is -2.23. The Morgan fingerprint density at radius 3 is 2.72 bits per heavy atom. The molecule has 1 amide bonds. The zero-order chi connectivity index (χ0) is 18.6. The number of hydrogen-bond acceptors (Lipinski definition) is 6. The summed E-state index contributed by atoms with van der Waals surface area (Å²) in [6, 6.07) is 6.52. The van der Waals surface area contributed by atoms with Gasteiger partial charge in [0, 0.05) is 10.7 Å². The second kappa shape index (κ2) is 7.75. The SMILES string of the molecule is Cc1nn(CC(=O)OCC(=O)Nc2cccc(Cl)c2)c(C)c1[N+](=O)[O-]. The van der Waals surface area contributed by atoms with Crippen molar-refractivity contribution in [3.8, 4) is 0 Å². The first kappa shape index (κ1) is 18.4. The molecule has 0 unspecified atom stereocenters. The van der Waals surface area contributed by atoms with Crippen LogP contribution in [0.1, 0.15) is 11.4 Å². The molecule has 0 aliphatic rings. The largest absolute Gasteiger partial charge is 0.454 e. The van der Waals surface area contributed by atoms with Gasteiger partial charge in [0.15, 0.2) is 6.61 Å². The maximum atomic E-state index is 11.8. The first-order chi connectivity index (χ1) is 11.8. The molecule has 0 aliphatic heterocycles. The lowest BCUT2D eigenvalue weighted by Gasteiger charge is -2.07. The number of nitro groups is 1. The number of carbonyl (C=O) groups excluding carboxylic acids is 2. The minimum atomic E-state index is -0.734. The minimum absolute atomic E-state index is 0.147. The van der Waals surface area contributed by atoms with Gasteiger partial charge in [0.2, 0.25) is 0 Å². The number of nitrogens with zero attached hydrogens (tertiary/aromatic N) is 3. The Kier molecular flexibility index (Phi) is 5.71. The third-order valence-corrected chi connectivity index (χ3v) is 3.51. The second-order valence-corrected chi connectivity index (χ2v) is 5.59. The zero-order valence-corrected chi connectivity index (χ0v) is 14.2. The van der Waals surface area contributed by atoms with Crippen molar-refractivity contribution in [2.24, 2.45) is 0 Å². The summed E-state index contributed by atoms with van der Waals surface area (Å²) in [5.41, 5.74) is 0.769. The molecule has 0 bridgehead atoms. The highest BCUT2D eigenvalue weighted by Gasteiger charge is 2.23. The van der Waals surface area contributed by atoms with Crippen LogP contribution in [0.15, 0.2) is 24.3 Å². The Hall–Kier alpha value is -2.94. The van der Waals surface area contributed by atoms with Crippen LogP contribution >= 0.6 is 11.6 Å². The molecule has 0 saturated heterocycles. The molecule has 1 aromatic carbocycles. The molecule has 9 nitrogen and oxygen atoms in total. The number of ether oxygens (including phenoxy) is 1. The summed E-state index contributed by atoms with van der Waals surface area (Å²) >= 11 is 5.80. The lowest BCUT2D eigenvalue weighted by atomic mass is 10.3. The number of carbonyl (C=O) groups is 2. The topological polar surface area (TPSA) is 116 Å². The van der Waals surface area contributed by atoms with Gasteiger partial charge >= 0.3 is 11.7 Å². The predicted molar refractivity (Wildman–Crippen MR) is 89.4 cm³/mol. The molecule has 0 saturated carbocycles. The van der Waals surface area contributed by atoms with Crippen LogP contribution in [0, 0.1) is 24.0 Å². The number of nitrogens with one attached hydrogen (secondary N) is 1. The smallest absolute Gasteiger partial charge is 0.328 e. The molecule has 1 N–H and O–H groups in total. The summed E-state index contributed by atoms with van der Waals surface area (Å²) in [7, 11) is 0. The molecule has 2 aromatic rings. The van der Waals surface area contributed by atoms with Crippen LogP contribution in [0.3, 0.4) is 0 Å². The monoisotopic (exact) mass is 366 g/mol. The van der Waals surface area contributed by atoms with Crippen molar-refractivity contribution in [3.63, 3.8) is 0 Å². The third-order valence-electron chi connectivity index (χ3n) is 3.28. The molecule has 0 aliphatic carbocycles. The van der Waals surface area contributed by atoms with Gasteiger partial charge in [0.05, 0.1) is 4.92 Å². The summed E-state index contributed by atoms with van der Waals surface area (Å²) in [6.45, 7) is 2.14. The fourth-order valence-corrected chi connectivity index (χ4v) is 2.37. The van der Waals surface area contributed by atoms with Crippen LogP contribution in [-0.4, -0.2) is 33.2 Å². The van der Waals surface area contributed by atoms with E-state index in [9.17, 15) is 19.7 Å². The number of anilines is 1. The number of benzene rings is 1. The summed E-state index contributed by atoms with van der Waals surface area (Å²) in [6.07, 6.45) is 0. The van der Waals surface area contributed by atoms with E-state index in [2.05, 4.69) is 10.4 Å². The van der Waals surface area contributed by atoms with E-state index < -0.39 is 23.4 Å². The molecule has 0 atom stereocenters. The molecular formula is C15H15ClN4O5. The molecule has 10 heteroatoms. The Bertz CT molecular complexity index is 833. The van der Waals surface area contributed by atoms with E-state index in [1.165, 1.54) is 18.5 Å². The van der Waals surface area contributed by atoms with Crippen molar-refractivity contribution in [2.75, 3.05) is 11.9 Å². The van der Waals surface area contributed by atoms with E-state index in [0.717, 1.165) is 0 Å². The van der Waals surface area contributed by atoms with E-state index in [1.54, 1.807) is 24.3 Å². The third kappa shape index (κ3) is 4.77.